The van der Waals surface area contributed by atoms with E-state index in [4.69, 9.17) is 16.0 Å². The molecule has 1 amide bonds. The number of aryl methyl sites for hydroxylation is 1. The number of furan rings is 1. The van der Waals surface area contributed by atoms with Crippen molar-refractivity contribution in [1.29, 1.82) is 0 Å². The van der Waals surface area contributed by atoms with Crippen molar-refractivity contribution in [3.05, 3.63) is 58.8 Å². The van der Waals surface area contributed by atoms with Crippen molar-refractivity contribution in [2.75, 3.05) is 5.32 Å². The molecule has 2 N–H and O–H groups in total. The Morgan fingerprint density at radius 2 is 2.00 bits per heavy atom. The van der Waals surface area contributed by atoms with Gasteiger partial charge >= 0.3 is 0 Å². The van der Waals surface area contributed by atoms with Gasteiger partial charge in [-0.15, -0.1) is 0 Å². The number of hydrogen-bond acceptors (Lipinski definition) is 3. The van der Waals surface area contributed by atoms with Gasteiger partial charge in [-0.3, -0.25) is 4.79 Å². The van der Waals surface area contributed by atoms with Crippen molar-refractivity contribution in [2.45, 2.75) is 6.92 Å². The predicted octanol–water partition coefficient (Wildman–Crippen LogP) is 4.35. The predicted molar refractivity (Wildman–Crippen MR) is 82.0 cm³/mol. The molecule has 3 rings (SSSR count). The van der Waals surface area contributed by atoms with Crippen LogP contribution in [-0.2, 0) is 0 Å². The number of carbonyl (C=O) groups excluding carboxylic acids is 1. The van der Waals surface area contributed by atoms with Crippen molar-refractivity contribution >= 4 is 34.2 Å². The Kier molecular flexibility index (Phi) is 3.31. The normalized spacial score (nSPS) is 10.8. The number of hydrogen-bond donors (Lipinski definition) is 2. The third-order valence-electron chi connectivity index (χ3n) is 3.10. The zero-order chi connectivity index (χ0) is 15.0. The number of phenolic OH excluding ortho intramolecular Hbond substituents is 1. The molecule has 0 aliphatic carbocycles. The highest BCUT2D eigenvalue weighted by Crippen LogP contribution is 2.27. The number of amides is 1. The highest BCUT2D eigenvalue weighted by atomic mass is 35.5. The molecule has 0 saturated heterocycles. The number of rotatable bonds is 2. The SMILES string of the molecule is Cc1ccc2oc(C(=O)Nc3ccc(O)c(Cl)c3)cc2c1. The second kappa shape index (κ2) is 5.14. The molecular formula is C16H12ClNO3. The molecule has 0 spiro atoms. The third kappa shape index (κ3) is 2.71. The average Bonchev–Trinajstić information content (AvgIpc) is 2.86. The van der Waals surface area contributed by atoms with Crippen molar-refractivity contribution in [3.63, 3.8) is 0 Å². The first-order valence-electron chi connectivity index (χ1n) is 6.33. The summed E-state index contributed by atoms with van der Waals surface area (Å²) in [5.74, 6) is -0.181. The first-order valence-corrected chi connectivity index (χ1v) is 6.71. The molecule has 1 heterocycles. The minimum Gasteiger partial charge on any atom is -0.506 e. The number of phenols is 1. The summed E-state index contributed by atoms with van der Waals surface area (Å²) in [5, 5.41) is 13.1. The van der Waals surface area contributed by atoms with E-state index in [1.165, 1.54) is 12.1 Å². The molecule has 2 aromatic carbocycles. The molecule has 0 unspecified atom stereocenters. The van der Waals surface area contributed by atoms with Crippen molar-refractivity contribution in [2.24, 2.45) is 0 Å². The Labute approximate surface area is 126 Å². The minimum absolute atomic E-state index is 0.0334. The first kappa shape index (κ1) is 13.5. The largest absolute Gasteiger partial charge is 0.506 e. The van der Waals surface area contributed by atoms with Crippen LogP contribution in [0.4, 0.5) is 5.69 Å². The molecule has 0 fully saturated rings. The van der Waals surface area contributed by atoms with Gasteiger partial charge in [0.05, 0.1) is 5.02 Å². The smallest absolute Gasteiger partial charge is 0.291 e. The minimum atomic E-state index is -0.370. The summed E-state index contributed by atoms with van der Waals surface area (Å²) in [6, 6.07) is 11.9. The Morgan fingerprint density at radius 1 is 1.19 bits per heavy atom. The van der Waals surface area contributed by atoms with E-state index in [0.717, 1.165) is 10.9 Å². The average molecular weight is 302 g/mol. The molecule has 0 aliphatic rings. The van der Waals surface area contributed by atoms with Crippen LogP contribution >= 0.6 is 11.6 Å². The fourth-order valence-electron chi connectivity index (χ4n) is 2.05. The molecule has 0 radical (unpaired) electrons. The molecule has 0 aliphatic heterocycles. The molecule has 21 heavy (non-hydrogen) atoms. The summed E-state index contributed by atoms with van der Waals surface area (Å²) in [4.78, 5) is 12.2. The van der Waals surface area contributed by atoms with E-state index in [2.05, 4.69) is 5.32 Å². The maximum Gasteiger partial charge on any atom is 0.291 e. The first-order chi connectivity index (χ1) is 10.0. The van der Waals surface area contributed by atoms with Gasteiger partial charge in [0.1, 0.15) is 11.3 Å². The summed E-state index contributed by atoms with van der Waals surface area (Å²) < 4.78 is 5.52. The molecule has 4 nitrogen and oxygen atoms in total. The van der Waals surface area contributed by atoms with Crippen LogP contribution in [0.5, 0.6) is 5.75 Å². The lowest BCUT2D eigenvalue weighted by Gasteiger charge is -2.04. The topological polar surface area (TPSA) is 62.5 Å². The van der Waals surface area contributed by atoms with Crippen LogP contribution in [0.25, 0.3) is 11.0 Å². The summed E-state index contributed by atoms with van der Waals surface area (Å²) in [7, 11) is 0. The van der Waals surface area contributed by atoms with E-state index < -0.39 is 0 Å². The van der Waals surface area contributed by atoms with Crippen LogP contribution in [0.15, 0.2) is 46.9 Å². The zero-order valence-corrected chi connectivity index (χ0v) is 11.9. The van der Waals surface area contributed by atoms with Crippen molar-refractivity contribution in [1.82, 2.24) is 0 Å². The van der Waals surface area contributed by atoms with Gasteiger partial charge in [-0.2, -0.15) is 0 Å². The lowest BCUT2D eigenvalue weighted by atomic mass is 10.2. The van der Waals surface area contributed by atoms with Gasteiger partial charge in [-0.1, -0.05) is 23.2 Å². The Balaban J connectivity index is 1.87. The Hall–Kier alpha value is -2.46. The fourth-order valence-corrected chi connectivity index (χ4v) is 2.23. The third-order valence-corrected chi connectivity index (χ3v) is 3.40. The van der Waals surface area contributed by atoms with E-state index >= 15 is 0 Å². The van der Waals surface area contributed by atoms with E-state index in [1.807, 2.05) is 25.1 Å². The number of carbonyl (C=O) groups is 1. The summed E-state index contributed by atoms with van der Waals surface area (Å²) in [6.45, 7) is 1.98. The van der Waals surface area contributed by atoms with Gasteiger partial charge in [0.25, 0.3) is 5.91 Å². The van der Waals surface area contributed by atoms with Crippen molar-refractivity contribution in [3.8, 4) is 5.75 Å². The quantitative estimate of drug-likeness (QED) is 0.692. The number of halogens is 1. The number of nitrogens with one attached hydrogen (secondary N) is 1. The van der Waals surface area contributed by atoms with Crippen LogP contribution in [0.1, 0.15) is 16.1 Å². The molecule has 3 aromatic rings. The standard InChI is InChI=1S/C16H12ClNO3/c1-9-2-5-14-10(6-9)7-15(21-14)16(20)18-11-3-4-13(19)12(17)8-11/h2-8,19H,1H3,(H,18,20). The van der Waals surface area contributed by atoms with Gasteiger partial charge in [0.2, 0.25) is 0 Å². The molecule has 0 atom stereocenters. The summed E-state index contributed by atoms with van der Waals surface area (Å²) in [5.41, 5.74) is 2.24. The molecule has 5 heteroatoms. The van der Waals surface area contributed by atoms with Crippen LogP contribution < -0.4 is 5.32 Å². The van der Waals surface area contributed by atoms with Crippen LogP contribution in [0.2, 0.25) is 5.02 Å². The highest BCUT2D eigenvalue weighted by molar-refractivity contribution is 6.32. The maximum absolute atomic E-state index is 12.2. The number of anilines is 1. The van der Waals surface area contributed by atoms with E-state index in [1.54, 1.807) is 12.1 Å². The molecule has 106 valence electrons. The Bertz CT molecular complexity index is 839. The molecule has 1 aromatic heterocycles. The van der Waals surface area contributed by atoms with Crippen LogP contribution in [-0.4, -0.2) is 11.0 Å². The molecular weight excluding hydrogens is 290 g/mol. The van der Waals surface area contributed by atoms with Crippen LogP contribution in [0, 0.1) is 6.92 Å². The summed E-state index contributed by atoms with van der Waals surface area (Å²) >= 11 is 5.80. The lowest BCUT2D eigenvalue weighted by Crippen LogP contribution is -2.10. The highest BCUT2D eigenvalue weighted by Gasteiger charge is 2.13. The second-order valence-corrected chi connectivity index (χ2v) is 5.18. The van der Waals surface area contributed by atoms with E-state index in [9.17, 15) is 9.90 Å². The molecule has 0 bridgehead atoms. The molecule has 0 saturated carbocycles. The van der Waals surface area contributed by atoms with Gasteiger partial charge in [-0.25, -0.2) is 0 Å². The van der Waals surface area contributed by atoms with Gasteiger partial charge in [-0.05, 0) is 43.3 Å². The van der Waals surface area contributed by atoms with E-state index in [0.29, 0.717) is 11.3 Å². The van der Waals surface area contributed by atoms with Crippen LogP contribution in [0.3, 0.4) is 0 Å². The lowest BCUT2D eigenvalue weighted by molar-refractivity contribution is 0.0998. The maximum atomic E-state index is 12.2. The number of benzene rings is 2. The monoisotopic (exact) mass is 301 g/mol. The Morgan fingerprint density at radius 3 is 2.76 bits per heavy atom. The summed E-state index contributed by atoms with van der Waals surface area (Å²) in [6.07, 6.45) is 0. The number of aromatic hydroxyl groups is 1. The van der Waals surface area contributed by atoms with E-state index in [-0.39, 0.29) is 22.4 Å². The fraction of sp³-hybridized carbons (Fsp3) is 0.0625. The van der Waals surface area contributed by atoms with Gasteiger partial charge in [0.15, 0.2) is 5.76 Å². The van der Waals surface area contributed by atoms with Crippen molar-refractivity contribution < 1.29 is 14.3 Å². The van der Waals surface area contributed by atoms with Gasteiger partial charge < -0.3 is 14.8 Å². The second-order valence-electron chi connectivity index (χ2n) is 4.77. The zero-order valence-electron chi connectivity index (χ0n) is 11.2. The van der Waals surface area contributed by atoms with Gasteiger partial charge in [0, 0.05) is 11.1 Å². The number of fused-ring (bicyclic) bond motifs is 1.